The van der Waals surface area contributed by atoms with E-state index >= 15 is 0 Å². The fraction of sp³-hybridized carbons (Fsp3) is 0.515. The van der Waals surface area contributed by atoms with Gasteiger partial charge in [0.1, 0.15) is 17.6 Å². The Kier molecular flexibility index (Phi) is 8.34. The molecular formula is C33H42O5. The summed E-state index contributed by atoms with van der Waals surface area (Å²) in [5.74, 6) is 2.50. The molecule has 5 unspecified atom stereocenters. The number of aromatic hydroxyl groups is 2. The summed E-state index contributed by atoms with van der Waals surface area (Å²) in [7, 11) is 0. The number of allylic oxidation sites excluding steroid dienone is 2. The first-order valence-electron chi connectivity index (χ1n) is 13.9. The number of benzene rings is 2. The summed E-state index contributed by atoms with van der Waals surface area (Å²) < 4.78 is 5.68. The molecule has 0 amide bonds. The molecule has 5 heteroatoms. The summed E-state index contributed by atoms with van der Waals surface area (Å²) >= 11 is 0. The van der Waals surface area contributed by atoms with E-state index in [1.807, 2.05) is 32.1 Å². The molecule has 0 heterocycles. The molecule has 0 spiro atoms. The van der Waals surface area contributed by atoms with Crippen LogP contribution in [0.3, 0.4) is 0 Å². The summed E-state index contributed by atoms with van der Waals surface area (Å²) in [6, 6.07) is 10.9. The van der Waals surface area contributed by atoms with Crippen molar-refractivity contribution < 1.29 is 24.5 Å². The SMILES string of the molecule is CC(=O)OC1CCC2C3CCc4cc(O)ccc4C3CCC12C.CC(=O)c1ccc(O)c(CC=C(C)C)c1. The summed E-state index contributed by atoms with van der Waals surface area (Å²) in [4.78, 5) is 22.6. The summed E-state index contributed by atoms with van der Waals surface area (Å²) in [6.45, 7) is 9.42. The van der Waals surface area contributed by atoms with E-state index in [9.17, 15) is 19.8 Å². The average Bonchev–Trinajstić information content (AvgIpc) is 3.18. The van der Waals surface area contributed by atoms with E-state index < -0.39 is 0 Å². The van der Waals surface area contributed by atoms with E-state index in [1.54, 1.807) is 18.2 Å². The fourth-order valence-electron chi connectivity index (χ4n) is 7.20. The molecule has 5 rings (SSSR count). The summed E-state index contributed by atoms with van der Waals surface area (Å²) in [5.41, 5.74) is 5.58. The highest BCUT2D eigenvalue weighted by Crippen LogP contribution is 2.61. The zero-order chi connectivity index (χ0) is 27.6. The standard InChI is InChI=1S/C20H26O3.C13H16O2/c1-12(21)23-19-8-7-18-17-5-3-13-11-14(22)4-6-15(13)16(17)9-10-20(18,19)2;1-9(2)4-5-12-8-11(10(3)14)6-7-13(12)15/h4,6,11,16-19,22H,3,5,7-10H2,1-2H3;4,6-8,15H,5H2,1-3H3. The number of Topliss-reactive ketones (excluding diaryl/α,β-unsaturated/α-hetero) is 1. The zero-order valence-corrected chi connectivity index (χ0v) is 23.4. The van der Waals surface area contributed by atoms with Gasteiger partial charge in [-0.1, -0.05) is 24.6 Å². The lowest BCUT2D eigenvalue weighted by Crippen LogP contribution is -2.45. The smallest absolute Gasteiger partial charge is 0.302 e. The molecule has 0 saturated heterocycles. The molecular weight excluding hydrogens is 476 g/mol. The molecule has 2 aromatic rings. The first-order chi connectivity index (χ1) is 18.0. The minimum Gasteiger partial charge on any atom is -0.508 e. The van der Waals surface area contributed by atoms with E-state index in [2.05, 4.69) is 13.0 Å². The van der Waals surface area contributed by atoms with Crippen molar-refractivity contribution in [3.05, 3.63) is 70.3 Å². The van der Waals surface area contributed by atoms with Crippen LogP contribution in [0.15, 0.2) is 48.0 Å². The van der Waals surface area contributed by atoms with Crippen LogP contribution in [-0.4, -0.2) is 28.1 Å². The highest BCUT2D eigenvalue weighted by atomic mass is 16.5. The van der Waals surface area contributed by atoms with Crippen molar-refractivity contribution in [2.75, 3.05) is 0 Å². The number of carbonyl (C=O) groups excluding carboxylic acids is 2. The predicted octanol–water partition coefficient (Wildman–Crippen LogP) is 7.28. The van der Waals surface area contributed by atoms with Gasteiger partial charge in [-0.05, 0) is 130 Å². The molecule has 3 aliphatic carbocycles. The van der Waals surface area contributed by atoms with Gasteiger partial charge in [-0.25, -0.2) is 0 Å². The highest BCUT2D eigenvalue weighted by molar-refractivity contribution is 5.94. The van der Waals surface area contributed by atoms with Gasteiger partial charge in [-0.3, -0.25) is 9.59 Å². The number of carbonyl (C=O) groups is 2. The molecule has 2 fully saturated rings. The maximum atomic E-state index is 11.4. The quantitative estimate of drug-likeness (QED) is 0.252. The van der Waals surface area contributed by atoms with E-state index in [1.165, 1.54) is 49.8 Å². The van der Waals surface area contributed by atoms with Gasteiger partial charge in [0.25, 0.3) is 0 Å². The normalized spacial score (nSPS) is 27.1. The fourth-order valence-corrected chi connectivity index (χ4v) is 7.20. The van der Waals surface area contributed by atoms with Gasteiger partial charge in [0, 0.05) is 17.9 Å². The van der Waals surface area contributed by atoms with Crippen LogP contribution in [0.2, 0.25) is 0 Å². The van der Waals surface area contributed by atoms with Crippen molar-refractivity contribution in [2.24, 2.45) is 17.3 Å². The van der Waals surface area contributed by atoms with Crippen LogP contribution in [-0.2, 0) is 22.4 Å². The van der Waals surface area contributed by atoms with Crippen LogP contribution in [0, 0.1) is 17.3 Å². The minimum absolute atomic E-state index is 0.0217. The number of phenols is 2. The van der Waals surface area contributed by atoms with Gasteiger partial charge in [-0.2, -0.15) is 0 Å². The third-order valence-electron chi connectivity index (χ3n) is 9.15. The number of rotatable bonds is 4. The monoisotopic (exact) mass is 518 g/mol. The van der Waals surface area contributed by atoms with Crippen LogP contribution >= 0.6 is 0 Å². The second kappa shape index (κ2) is 11.3. The van der Waals surface area contributed by atoms with Gasteiger partial charge in [0.15, 0.2) is 5.78 Å². The van der Waals surface area contributed by atoms with Gasteiger partial charge in [0.2, 0.25) is 0 Å². The Bertz CT molecular complexity index is 1220. The first-order valence-corrected chi connectivity index (χ1v) is 13.9. The lowest BCUT2D eigenvalue weighted by molar-refractivity contribution is -0.154. The molecule has 0 aromatic heterocycles. The van der Waals surface area contributed by atoms with Crippen LogP contribution in [0.1, 0.15) is 99.7 Å². The molecule has 0 radical (unpaired) electrons. The second-order valence-electron chi connectivity index (χ2n) is 11.9. The van der Waals surface area contributed by atoms with Crippen LogP contribution < -0.4 is 0 Å². The molecule has 2 saturated carbocycles. The Morgan fingerprint density at radius 2 is 1.76 bits per heavy atom. The molecule has 3 aliphatic rings. The van der Waals surface area contributed by atoms with Crippen molar-refractivity contribution in [3.8, 4) is 11.5 Å². The molecule has 38 heavy (non-hydrogen) atoms. The molecule has 5 atom stereocenters. The Morgan fingerprint density at radius 3 is 2.45 bits per heavy atom. The molecule has 0 aliphatic heterocycles. The third-order valence-corrected chi connectivity index (χ3v) is 9.15. The Balaban J connectivity index is 0.000000196. The van der Waals surface area contributed by atoms with Gasteiger partial charge in [-0.15, -0.1) is 0 Å². The van der Waals surface area contributed by atoms with Crippen molar-refractivity contribution in [2.45, 2.75) is 91.6 Å². The van der Waals surface area contributed by atoms with E-state index in [-0.39, 0.29) is 29.0 Å². The van der Waals surface area contributed by atoms with Crippen LogP contribution in [0.25, 0.3) is 0 Å². The molecule has 204 valence electrons. The second-order valence-corrected chi connectivity index (χ2v) is 11.9. The predicted molar refractivity (Wildman–Crippen MR) is 150 cm³/mol. The van der Waals surface area contributed by atoms with Crippen molar-refractivity contribution in [1.82, 2.24) is 0 Å². The van der Waals surface area contributed by atoms with Crippen LogP contribution in [0.4, 0.5) is 0 Å². The van der Waals surface area contributed by atoms with Crippen molar-refractivity contribution >= 4 is 11.8 Å². The topological polar surface area (TPSA) is 83.8 Å². The number of aryl methyl sites for hydroxylation is 1. The lowest BCUT2D eigenvalue weighted by atomic mass is 9.55. The number of ether oxygens (including phenoxy) is 1. The molecule has 2 aromatic carbocycles. The number of fused-ring (bicyclic) bond motifs is 5. The number of phenolic OH excluding ortho intramolecular Hbond substituents is 2. The number of esters is 1. The third kappa shape index (κ3) is 5.82. The van der Waals surface area contributed by atoms with Crippen LogP contribution in [0.5, 0.6) is 11.5 Å². The Morgan fingerprint density at radius 1 is 1.00 bits per heavy atom. The first kappa shape index (κ1) is 27.9. The van der Waals surface area contributed by atoms with E-state index in [0.717, 1.165) is 24.8 Å². The number of ketones is 1. The maximum absolute atomic E-state index is 11.4. The number of hydrogen-bond acceptors (Lipinski definition) is 5. The Labute approximate surface area is 226 Å². The van der Waals surface area contributed by atoms with Gasteiger partial charge in [0.05, 0.1) is 0 Å². The van der Waals surface area contributed by atoms with Crippen molar-refractivity contribution in [3.63, 3.8) is 0 Å². The van der Waals surface area contributed by atoms with E-state index in [0.29, 0.717) is 35.5 Å². The maximum Gasteiger partial charge on any atom is 0.302 e. The number of hydrogen-bond donors (Lipinski definition) is 2. The molecule has 0 bridgehead atoms. The highest BCUT2D eigenvalue weighted by Gasteiger charge is 2.56. The molecule has 2 N–H and O–H groups in total. The largest absolute Gasteiger partial charge is 0.508 e. The molecule has 5 nitrogen and oxygen atoms in total. The lowest BCUT2D eigenvalue weighted by Gasteiger charge is -2.50. The average molecular weight is 519 g/mol. The van der Waals surface area contributed by atoms with Gasteiger partial charge < -0.3 is 14.9 Å². The summed E-state index contributed by atoms with van der Waals surface area (Å²) in [5, 5.41) is 19.3. The van der Waals surface area contributed by atoms with E-state index in [4.69, 9.17) is 4.74 Å². The van der Waals surface area contributed by atoms with Gasteiger partial charge >= 0.3 is 5.97 Å². The minimum atomic E-state index is -0.136. The summed E-state index contributed by atoms with van der Waals surface area (Å²) in [6.07, 6.45) is 9.57. The zero-order valence-electron chi connectivity index (χ0n) is 23.4. The van der Waals surface area contributed by atoms with Crippen molar-refractivity contribution in [1.29, 1.82) is 0 Å². The Hall–Kier alpha value is -3.08.